The lowest BCUT2D eigenvalue weighted by Crippen LogP contribution is -2.49. The first-order valence-corrected chi connectivity index (χ1v) is 8.65. The molecule has 1 aliphatic carbocycles. The number of likely N-dealkylation sites (tertiary alicyclic amines) is 1. The highest BCUT2D eigenvalue weighted by molar-refractivity contribution is 5.80. The molecule has 0 unspecified atom stereocenters. The highest BCUT2D eigenvalue weighted by Crippen LogP contribution is 2.37. The summed E-state index contributed by atoms with van der Waals surface area (Å²) in [6.45, 7) is 3.61. The Balaban J connectivity index is 1.34. The smallest absolute Gasteiger partial charge is 0.275 e. The van der Waals surface area contributed by atoms with Crippen LogP contribution in [-0.4, -0.2) is 60.4 Å². The maximum Gasteiger partial charge on any atom is 0.275 e. The number of hydrogen-bond acceptors (Lipinski definition) is 4. The number of ether oxygens (including phenoxy) is 1. The van der Waals surface area contributed by atoms with Gasteiger partial charge < -0.3 is 4.74 Å². The number of fused-ring (bicyclic) bond motifs is 1. The monoisotopic (exact) mass is 294 g/mol. The zero-order valence-electron chi connectivity index (χ0n) is 12.7. The van der Waals surface area contributed by atoms with Crippen LogP contribution in [0.1, 0.15) is 44.9 Å². The van der Waals surface area contributed by atoms with Crippen LogP contribution in [0.2, 0.25) is 0 Å². The van der Waals surface area contributed by atoms with Gasteiger partial charge in [0.15, 0.2) is 0 Å². The first kappa shape index (κ1) is 14.0. The zero-order chi connectivity index (χ0) is 14.2. The Morgan fingerprint density at radius 2 is 1.95 bits per heavy atom. The molecule has 118 valence electrons. The van der Waals surface area contributed by atoms with E-state index in [2.05, 4.69) is 4.90 Å². The second-order valence-electron chi connectivity index (χ2n) is 7.01. The minimum absolute atomic E-state index is 0.0549. The molecule has 1 amide bonds. The fourth-order valence-corrected chi connectivity index (χ4v) is 4.13. The van der Waals surface area contributed by atoms with E-state index < -0.39 is 0 Å². The van der Waals surface area contributed by atoms with Gasteiger partial charge in [0.1, 0.15) is 6.10 Å². The van der Waals surface area contributed by atoms with Crippen LogP contribution < -0.4 is 0 Å². The number of carbonyl (C=O) groups is 1. The van der Waals surface area contributed by atoms with E-state index in [1.54, 1.807) is 5.06 Å². The van der Waals surface area contributed by atoms with Crippen LogP contribution in [0, 0.1) is 5.92 Å². The summed E-state index contributed by atoms with van der Waals surface area (Å²) >= 11 is 0. The Labute approximate surface area is 126 Å². The summed E-state index contributed by atoms with van der Waals surface area (Å²) in [6, 6.07) is 0.787. The van der Waals surface area contributed by atoms with Crippen LogP contribution in [0.3, 0.4) is 0 Å². The number of amides is 1. The molecule has 0 N–H and O–H groups in total. The molecule has 5 nitrogen and oxygen atoms in total. The van der Waals surface area contributed by atoms with Gasteiger partial charge in [0.25, 0.3) is 5.91 Å². The van der Waals surface area contributed by atoms with E-state index in [1.807, 2.05) is 0 Å². The van der Waals surface area contributed by atoms with Gasteiger partial charge in [-0.2, -0.15) is 0 Å². The van der Waals surface area contributed by atoms with E-state index >= 15 is 0 Å². The van der Waals surface area contributed by atoms with Crippen molar-refractivity contribution in [2.75, 3.05) is 26.2 Å². The lowest BCUT2D eigenvalue weighted by molar-refractivity contribution is -0.206. The third-order valence-electron chi connectivity index (χ3n) is 5.70. The largest absolute Gasteiger partial charge is 0.363 e. The summed E-state index contributed by atoms with van der Waals surface area (Å²) in [5, 5.41) is 1.55. The maximum absolute atomic E-state index is 12.5. The molecule has 4 rings (SSSR count). The topological polar surface area (TPSA) is 42.0 Å². The van der Waals surface area contributed by atoms with Gasteiger partial charge in [0.05, 0.1) is 12.7 Å². The zero-order valence-corrected chi connectivity index (χ0v) is 12.7. The Morgan fingerprint density at radius 1 is 1.05 bits per heavy atom. The van der Waals surface area contributed by atoms with E-state index in [1.165, 1.54) is 32.2 Å². The molecule has 0 aromatic carbocycles. The Morgan fingerprint density at radius 3 is 2.67 bits per heavy atom. The van der Waals surface area contributed by atoms with E-state index in [-0.39, 0.29) is 18.1 Å². The van der Waals surface area contributed by atoms with Gasteiger partial charge in [0.2, 0.25) is 0 Å². The van der Waals surface area contributed by atoms with Crippen molar-refractivity contribution in [3.63, 3.8) is 0 Å². The van der Waals surface area contributed by atoms with Gasteiger partial charge >= 0.3 is 0 Å². The van der Waals surface area contributed by atoms with Crippen LogP contribution in [0.25, 0.3) is 0 Å². The van der Waals surface area contributed by atoms with Gasteiger partial charge in [-0.1, -0.05) is 6.42 Å². The van der Waals surface area contributed by atoms with Crippen molar-refractivity contribution >= 4 is 5.91 Å². The predicted octanol–water partition coefficient (Wildman–Crippen LogP) is 1.57. The van der Waals surface area contributed by atoms with E-state index in [0.29, 0.717) is 12.5 Å². The molecule has 4 aliphatic rings. The third kappa shape index (κ3) is 2.71. The fourth-order valence-electron chi connectivity index (χ4n) is 4.13. The van der Waals surface area contributed by atoms with E-state index in [9.17, 15) is 4.79 Å². The summed E-state index contributed by atoms with van der Waals surface area (Å²) in [5.41, 5.74) is 0. The third-order valence-corrected chi connectivity index (χ3v) is 5.70. The minimum Gasteiger partial charge on any atom is -0.363 e. The van der Waals surface area contributed by atoms with Gasteiger partial charge in [-0.25, -0.2) is 5.06 Å². The Hall–Kier alpha value is -0.650. The van der Waals surface area contributed by atoms with E-state index in [0.717, 1.165) is 38.4 Å². The lowest BCUT2D eigenvalue weighted by atomic mass is 9.86. The fraction of sp³-hybridized carbons (Fsp3) is 0.938. The standard InChI is InChI=1S/C16H26N2O3/c19-16(18-7-1-2-9-20-18)14-10-12-6-8-17(11-15(12)21-14)13-4-3-5-13/h12-15H,1-11H2/t12-,14+,15+/m1/s1. The van der Waals surface area contributed by atoms with Gasteiger partial charge in [0, 0.05) is 19.1 Å². The van der Waals surface area contributed by atoms with Crippen molar-refractivity contribution in [1.82, 2.24) is 9.96 Å². The second-order valence-corrected chi connectivity index (χ2v) is 7.01. The molecule has 3 aliphatic heterocycles. The number of hydrogen-bond donors (Lipinski definition) is 0. The van der Waals surface area contributed by atoms with Crippen LogP contribution >= 0.6 is 0 Å². The van der Waals surface area contributed by atoms with Crippen molar-refractivity contribution in [1.29, 1.82) is 0 Å². The number of carbonyl (C=O) groups excluding carboxylic acids is 1. The SMILES string of the molecule is O=C([C@@H]1C[C@H]2CCN(C3CCC3)C[C@@H]2O1)N1CCCCO1. The summed E-state index contributed by atoms with van der Waals surface area (Å²) in [4.78, 5) is 20.6. The Bertz CT molecular complexity index is 393. The quantitative estimate of drug-likeness (QED) is 0.775. The maximum atomic E-state index is 12.5. The number of piperidine rings is 1. The molecule has 4 fully saturated rings. The molecule has 0 radical (unpaired) electrons. The molecule has 0 aromatic rings. The number of hydroxylamine groups is 2. The highest BCUT2D eigenvalue weighted by Gasteiger charge is 2.44. The molecule has 0 aromatic heterocycles. The van der Waals surface area contributed by atoms with Gasteiger partial charge in [-0.15, -0.1) is 0 Å². The number of nitrogens with zero attached hydrogens (tertiary/aromatic N) is 2. The van der Waals surface area contributed by atoms with Crippen LogP contribution in [0.5, 0.6) is 0 Å². The summed E-state index contributed by atoms with van der Waals surface area (Å²) in [7, 11) is 0. The van der Waals surface area contributed by atoms with Crippen molar-refractivity contribution in [3.8, 4) is 0 Å². The predicted molar refractivity (Wildman–Crippen MR) is 77.5 cm³/mol. The molecule has 3 atom stereocenters. The molecule has 21 heavy (non-hydrogen) atoms. The normalized spacial score (nSPS) is 38.1. The van der Waals surface area contributed by atoms with Gasteiger partial charge in [-0.3, -0.25) is 14.5 Å². The molecule has 3 saturated heterocycles. The highest BCUT2D eigenvalue weighted by atomic mass is 16.7. The molecule has 3 heterocycles. The van der Waals surface area contributed by atoms with Crippen molar-refractivity contribution in [2.24, 2.45) is 5.92 Å². The lowest BCUT2D eigenvalue weighted by Gasteiger charge is -2.43. The van der Waals surface area contributed by atoms with Crippen LogP contribution in [0.4, 0.5) is 0 Å². The summed E-state index contributed by atoms with van der Waals surface area (Å²) in [6.07, 6.45) is 8.25. The van der Waals surface area contributed by atoms with Crippen LogP contribution in [0.15, 0.2) is 0 Å². The van der Waals surface area contributed by atoms with E-state index in [4.69, 9.17) is 9.57 Å². The molecular formula is C16H26N2O3. The summed E-state index contributed by atoms with van der Waals surface area (Å²) in [5.74, 6) is 0.624. The molecule has 1 saturated carbocycles. The van der Waals surface area contributed by atoms with Crippen molar-refractivity contribution in [2.45, 2.75) is 63.2 Å². The second kappa shape index (κ2) is 5.86. The van der Waals surface area contributed by atoms with Gasteiger partial charge in [-0.05, 0) is 51.0 Å². The Kier molecular flexibility index (Phi) is 3.90. The average molecular weight is 294 g/mol. The molecular weight excluding hydrogens is 268 g/mol. The molecule has 0 bridgehead atoms. The average Bonchev–Trinajstić information content (AvgIpc) is 2.89. The van der Waals surface area contributed by atoms with Crippen LogP contribution in [-0.2, 0) is 14.4 Å². The first-order chi connectivity index (χ1) is 10.3. The van der Waals surface area contributed by atoms with Crippen molar-refractivity contribution < 1.29 is 14.4 Å². The number of rotatable bonds is 2. The van der Waals surface area contributed by atoms with Crippen molar-refractivity contribution in [3.05, 3.63) is 0 Å². The first-order valence-electron chi connectivity index (χ1n) is 8.65. The summed E-state index contributed by atoms with van der Waals surface area (Å²) < 4.78 is 6.12. The molecule has 5 heteroatoms. The minimum atomic E-state index is -0.264. The molecule has 0 spiro atoms.